The lowest BCUT2D eigenvalue weighted by atomic mass is 10.1. The zero-order valence-corrected chi connectivity index (χ0v) is 11.1. The molecule has 0 nitrogen and oxygen atoms in total. The molecular formula is C10H23Si2. The predicted octanol–water partition coefficient (Wildman–Crippen LogP) is 3.72. The van der Waals surface area contributed by atoms with Gasteiger partial charge >= 0.3 is 0 Å². The van der Waals surface area contributed by atoms with E-state index < -0.39 is 0 Å². The van der Waals surface area contributed by atoms with E-state index in [2.05, 4.69) is 26.9 Å². The van der Waals surface area contributed by atoms with E-state index in [1.165, 1.54) is 40.5 Å². The standard InChI is InChI=1S/C10H23Si2/c1-10(2)6-5-7-11-8-9-12(3)4/h10H,5-9H2,1-4H3. The summed E-state index contributed by atoms with van der Waals surface area (Å²) in [5.41, 5.74) is 0. The molecule has 0 spiro atoms. The number of rotatable bonds is 7. The highest BCUT2D eigenvalue weighted by Gasteiger charge is 1.97. The highest BCUT2D eigenvalue weighted by atomic mass is 28.3. The van der Waals surface area contributed by atoms with E-state index >= 15 is 0 Å². The van der Waals surface area contributed by atoms with Crippen LogP contribution in [-0.4, -0.2) is 18.3 Å². The average Bonchev–Trinajstić information content (AvgIpc) is 1.95. The van der Waals surface area contributed by atoms with Gasteiger partial charge in [0.05, 0.1) is 0 Å². The minimum absolute atomic E-state index is 0.0691. The van der Waals surface area contributed by atoms with Crippen LogP contribution in [0.1, 0.15) is 26.7 Å². The lowest BCUT2D eigenvalue weighted by Gasteiger charge is -2.04. The van der Waals surface area contributed by atoms with Gasteiger partial charge in [0.25, 0.3) is 0 Å². The van der Waals surface area contributed by atoms with Crippen LogP contribution in [0.25, 0.3) is 0 Å². The minimum atomic E-state index is 0.0691. The summed E-state index contributed by atoms with van der Waals surface area (Å²) in [5, 5.41) is 0. The van der Waals surface area contributed by atoms with Gasteiger partial charge in [0.15, 0.2) is 0 Å². The zero-order valence-electron chi connectivity index (χ0n) is 9.11. The van der Waals surface area contributed by atoms with Crippen molar-refractivity contribution in [3.05, 3.63) is 0 Å². The van der Waals surface area contributed by atoms with Gasteiger partial charge in [-0.05, 0) is 5.92 Å². The second-order valence-electron chi connectivity index (χ2n) is 4.24. The Morgan fingerprint density at radius 2 is 1.83 bits per heavy atom. The minimum Gasteiger partial charge on any atom is -0.0713 e. The molecule has 0 aromatic carbocycles. The topological polar surface area (TPSA) is 0 Å². The lowest BCUT2D eigenvalue weighted by molar-refractivity contribution is 0.575. The Morgan fingerprint density at radius 3 is 2.33 bits per heavy atom. The Kier molecular flexibility index (Phi) is 8.34. The molecule has 0 aliphatic heterocycles. The summed E-state index contributed by atoms with van der Waals surface area (Å²) < 4.78 is 0. The molecule has 0 N–H and O–H groups in total. The van der Waals surface area contributed by atoms with Gasteiger partial charge < -0.3 is 0 Å². The van der Waals surface area contributed by atoms with Crippen molar-refractivity contribution in [3.63, 3.8) is 0 Å². The molecule has 12 heavy (non-hydrogen) atoms. The summed E-state index contributed by atoms with van der Waals surface area (Å²) in [6.07, 6.45) is 2.90. The highest BCUT2D eigenvalue weighted by Crippen LogP contribution is 2.08. The Balaban J connectivity index is 2.91. The fourth-order valence-electron chi connectivity index (χ4n) is 1.10. The molecule has 0 rings (SSSR count). The number of hydrogen-bond acceptors (Lipinski definition) is 0. The van der Waals surface area contributed by atoms with Crippen molar-refractivity contribution in [3.8, 4) is 0 Å². The van der Waals surface area contributed by atoms with Crippen molar-refractivity contribution < 1.29 is 0 Å². The summed E-state index contributed by atoms with van der Waals surface area (Å²) in [6.45, 7) is 9.48. The highest BCUT2D eigenvalue weighted by molar-refractivity contribution is 6.57. The molecule has 0 fully saturated rings. The summed E-state index contributed by atoms with van der Waals surface area (Å²) >= 11 is 0. The molecule has 0 aliphatic rings. The maximum absolute atomic E-state index is 2.42. The third-order valence-corrected chi connectivity index (χ3v) is 5.00. The molecule has 0 aromatic rings. The second kappa shape index (κ2) is 8.05. The largest absolute Gasteiger partial charge is 0.0713 e. The van der Waals surface area contributed by atoms with Crippen LogP contribution in [-0.2, 0) is 0 Å². The molecule has 0 amide bonds. The first-order chi connectivity index (χ1) is 5.63. The average molecular weight is 199 g/mol. The lowest BCUT2D eigenvalue weighted by Crippen LogP contribution is -2.01. The van der Waals surface area contributed by atoms with E-state index in [0.29, 0.717) is 0 Å². The molecule has 71 valence electrons. The molecule has 0 aromatic heterocycles. The molecule has 2 heteroatoms. The Bertz CT molecular complexity index is 77.8. The van der Waals surface area contributed by atoms with E-state index in [-0.39, 0.29) is 8.80 Å². The van der Waals surface area contributed by atoms with Crippen molar-refractivity contribution in [2.75, 3.05) is 0 Å². The van der Waals surface area contributed by atoms with E-state index in [4.69, 9.17) is 0 Å². The SMILES string of the molecule is CC(C)CCC[Si]CC[Si](C)C. The van der Waals surface area contributed by atoms with Gasteiger partial charge in [-0.25, -0.2) is 0 Å². The van der Waals surface area contributed by atoms with Gasteiger partial charge in [0, 0.05) is 18.3 Å². The molecule has 0 saturated carbocycles. The molecule has 3 radical (unpaired) electrons. The second-order valence-corrected chi connectivity index (χ2v) is 8.66. The Morgan fingerprint density at radius 1 is 1.17 bits per heavy atom. The van der Waals surface area contributed by atoms with Gasteiger partial charge in [0.2, 0.25) is 0 Å². The van der Waals surface area contributed by atoms with Crippen molar-refractivity contribution in [2.45, 2.75) is 57.9 Å². The fraction of sp³-hybridized carbons (Fsp3) is 1.00. The van der Waals surface area contributed by atoms with Crippen LogP contribution >= 0.6 is 0 Å². The maximum Gasteiger partial charge on any atom is 0.0409 e. The number of hydrogen-bond donors (Lipinski definition) is 0. The predicted molar refractivity (Wildman–Crippen MR) is 61.7 cm³/mol. The monoisotopic (exact) mass is 199 g/mol. The van der Waals surface area contributed by atoms with Crippen molar-refractivity contribution in [2.24, 2.45) is 5.92 Å². The Hall–Kier alpha value is 0.434. The van der Waals surface area contributed by atoms with Crippen LogP contribution in [0.15, 0.2) is 0 Å². The molecule has 0 saturated heterocycles. The van der Waals surface area contributed by atoms with Crippen LogP contribution in [0.2, 0.25) is 31.2 Å². The molecule has 0 bridgehead atoms. The third kappa shape index (κ3) is 10.4. The van der Waals surface area contributed by atoms with E-state index in [1.807, 2.05) is 0 Å². The van der Waals surface area contributed by atoms with Crippen LogP contribution in [0, 0.1) is 5.92 Å². The van der Waals surface area contributed by atoms with Crippen LogP contribution in [0.5, 0.6) is 0 Å². The molecule has 0 unspecified atom stereocenters. The van der Waals surface area contributed by atoms with Crippen LogP contribution in [0.4, 0.5) is 0 Å². The molecule has 0 heterocycles. The first kappa shape index (κ1) is 12.4. The zero-order chi connectivity index (χ0) is 9.40. The molecule has 0 aliphatic carbocycles. The maximum atomic E-state index is 2.42. The molecule has 0 atom stereocenters. The summed E-state index contributed by atoms with van der Waals surface area (Å²) in [5.74, 6) is 0.909. The third-order valence-electron chi connectivity index (χ3n) is 1.94. The van der Waals surface area contributed by atoms with E-state index in [0.717, 1.165) is 5.92 Å². The van der Waals surface area contributed by atoms with Crippen molar-refractivity contribution >= 4 is 18.3 Å². The summed E-state index contributed by atoms with van der Waals surface area (Å²) in [6, 6.07) is 4.54. The van der Waals surface area contributed by atoms with Crippen molar-refractivity contribution in [1.29, 1.82) is 0 Å². The molecular weight excluding hydrogens is 176 g/mol. The summed E-state index contributed by atoms with van der Waals surface area (Å²) in [7, 11) is 1.32. The van der Waals surface area contributed by atoms with Gasteiger partial charge in [-0.1, -0.05) is 57.9 Å². The Labute approximate surface area is 82.6 Å². The van der Waals surface area contributed by atoms with E-state index in [9.17, 15) is 0 Å². The normalized spacial score (nSPS) is 11.5. The van der Waals surface area contributed by atoms with Gasteiger partial charge in [-0.2, -0.15) is 0 Å². The first-order valence-corrected chi connectivity index (χ1v) is 9.24. The van der Waals surface area contributed by atoms with E-state index in [1.54, 1.807) is 0 Å². The van der Waals surface area contributed by atoms with Crippen molar-refractivity contribution in [1.82, 2.24) is 0 Å². The fourth-order valence-corrected chi connectivity index (χ4v) is 4.51. The van der Waals surface area contributed by atoms with Crippen LogP contribution < -0.4 is 0 Å². The first-order valence-electron chi connectivity index (χ1n) is 5.12. The van der Waals surface area contributed by atoms with Crippen LogP contribution in [0.3, 0.4) is 0 Å². The smallest absolute Gasteiger partial charge is 0.0409 e. The summed E-state index contributed by atoms with van der Waals surface area (Å²) in [4.78, 5) is 0. The van der Waals surface area contributed by atoms with Gasteiger partial charge in [-0.15, -0.1) is 0 Å². The van der Waals surface area contributed by atoms with Gasteiger partial charge in [-0.3, -0.25) is 0 Å². The van der Waals surface area contributed by atoms with Gasteiger partial charge in [0.1, 0.15) is 0 Å². The quantitative estimate of drug-likeness (QED) is 0.433.